The zero-order valence-electron chi connectivity index (χ0n) is 19.0. The Kier molecular flexibility index (Phi) is 3.65. The number of carbonyl (C=O) groups is 2. The number of hydrogen-bond donors (Lipinski definition) is 0. The third kappa shape index (κ3) is 2.44. The Morgan fingerprint density at radius 1 is 1.19 bits per heavy atom. The van der Waals surface area contributed by atoms with Crippen LogP contribution in [0, 0.1) is 16.0 Å². The Morgan fingerprint density at radius 3 is 2.75 bits per heavy atom. The zero-order valence-corrected chi connectivity index (χ0v) is 19.0. The molecule has 2 saturated heterocycles. The molecule has 0 N–H and O–H groups in total. The van der Waals surface area contributed by atoms with E-state index in [0.717, 1.165) is 34.3 Å². The lowest BCUT2D eigenvalue weighted by molar-refractivity contribution is -0.361. The van der Waals surface area contributed by atoms with Crippen LogP contribution in [0.25, 0.3) is 11.6 Å². The average molecular weight is 433 g/mol. The Bertz CT molecular complexity index is 1200. The fourth-order valence-corrected chi connectivity index (χ4v) is 6.60. The Morgan fingerprint density at radius 2 is 1.97 bits per heavy atom. The van der Waals surface area contributed by atoms with Gasteiger partial charge < -0.3 is 14.8 Å². The molecule has 1 spiro atoms. The number of allylic oxidation sites excluding steroid dienone is 1. The van der Waals surface area contributed by atoms with E-state index in [1.54, 1.807) is 4.90 Å². The second-order valence-corrected chi connectivity index (χ2v) is 11.1. The molecule has 6 heteroatoms. The van der Waals surface area contributed by atoms with Crippen LogP contribution in [0.15, 0.2) is 24.3 Å². The second-order valence-electron chi connectivity index (χ2n) is 11.1. The SMILES string of the molecule is CC1(C)C=Cc2c(ccc3c2[N+]([O-])=C2C3=C[C@@]3(CC(=O)[C@@H]4CCCN4C3=O)CC2(C)C)O1. The number of ether oxygens (including phenoxy) is 1. The third-order valence-corrected chi connectivity index (χ3v) is 7.77. The molecule has 0 aromatic heterocycles. The number of fused-ring (bicyclic) bond motifs is 6. The molecule has 0 radical (unpaired) electrons. The van der Waals surface area contributed by atoms with Crippen molar-refractivity contribution in [1.82, 2.24) is 4.90 Å². The number of carbonyl (C=O) groups excluding carboxylic acids is 2. The van der Waals surface area contributed by atoms with Crippen molar-refractivity contribution in [3.05, 3.63) is 40.6 Å². The zero-order chi connectivity index (χ0) is 22.6. The second kappa shape index (κ2) is 5.91. The number of piperidine rings is 1. The Labute approximate surface area is 187 Å². The summed E-state index contributed by atoms with van der Waals surface area (Å²) in [4.78, 5) is 28.5. The van der Waals surface area contributed by atoms with E-state index in [1.165, 1.54) is 0 Å². The lowest BCUT2D eigenvalue weighted by atomic mass is 9.60. The number of amides is 1. The molecule has 2 fully saturated rings. The third-order valence-electron chi connectivity index (χ3n) is 7.77. The van der Waals surface area contributed by atoms with Gasteiger partial charge in [-0.05, 0) is 71.2 Å². The summed E-state index contributed by atoms with van der Waals surface area (Å²) < 4.78 is 7.13. The van der Waals surface area contributed by atoms with E-state index in [2.05, 4.69) is 0 Å². The van der Waals surface area contributed by atoms with E-state index in [9.17, 15) is 14.8 Å². The van der Waals surface area contributed by atoms with Gasteiger partial charge in [-0.2, -0.15) is 4.74 Å². The van der Waals surface area contributed by atoms with E-state index in [-0.39, 0.29) is 24.2 Å². The van der Waals surface area contributed by atoms with Gasteiger partial charge >= 0.3 is 0 Å². The first-order valence-electron chi connectivity index (χ1n) is 11.5. The molecule has 4 heterocycles. The minimum Gasteiger partial charge on any atom is -0.618 e. The Hall–Kier alpha value is -2.89. The van der Waals surface area contributed by atoms with Crippen LogP contribution in [0.5, 0.6) is 5.75 Å². The Balaban J connectivity index is 1.56. The molecule has 1 amide bonds. The largest absolute Gasteiger partial charge is 0.618 e. The molecule has 166 valence electrons. The summed E-state index contributed by atoms with van der Waals surface area (Å²) >= 11 is 0. The molecular formula is C26H28N2O4. The van der Waals surface area contributed by atoms with Gasteiger partial charge in [0, 0.05) is 13.0 Å². The van der Waals surface area contributed by atoms with Crippen molar-refractivity contribution >= 4 is 34.7 Å². The van der Waals surface area contributed by atoms with Crippen molar-refractivity contribution in [1.29, 1.82) is 0 Å². The maximum atomic E-state index is 13.7. The van der Waals surface area contributed by atoms with Gasteiger partial charge in [0.1, 0.15) is 11.4 Å². The van der Waals surface area contributed by atoms with E-state index in [1.807, 2.05) is 58.1 Å². The highest BCUT2D eigenvalue weighted by molar-refractivity contribution is 6.29. The molecule has 0 saturated carbocycles. The number of ketones is 1. The highest BCUT2D eigenvalue weighted by Crippen LogP contribution is 2.56. The molecule has 2 atom stereocenters. The molecule has 1 aromatic rings. The van der Waals surface area contributed by atoms with Gasteiger partial charge in [-0.3, -0.25) is 9.59 Å². The van der Waals surface area contributed by atoms with Gasteiger partial charge in [-0.1, -0.05) is 6.08 Å². The normalized spacial score (nSPS) is 31.2. The van der Waals surface area contributed by atoms with Crippen molar-refractivity contribution < 1.29 is 19.1 Å². The summed E-state index contributed by atoms with van der Waals surface area (Å²) in [5.74, 6) is 0.890. The van der Waals surface area contributed by atoms with Gasteiger partial charge in [0.05, 0.1) is 33.6 Å². The maximum absolute atomic E-state index is 13.7. The topological polar surface area (TPSA) is 72.7 Å². The quantitative estimate of drug-likeness (QED) is 0.454. The van der Waals surface area contributed by atoms with Gasteiger partial charge in [0.2, 0.25) is 17.3 Å². The summed E-state index contributed by atoms with van der Waals surface area (Å²) in [5.41, 5.74) is 1.77. The van der Waals surface area contributed by atoms with Crippen LogP contribution in [0.3, 0.4) is 0 Å². The van der Waals surface area contributed by atoms with E-state index in [0.29, 0.717) is 30.1 Å². The molecule has 0 unspecified atom stereocenters. The van der Waals surface area contributed by atoms with E-state index in [4.69, 9.17) is 4.74 Å². The predicted octanol–water partition coefficient (Wildman–Crippen LogP) is 4.23. The van der Waals surface area contributed by atoms with Crippen molar-refractivity contribution in [3.63, 3.8) is 0 Å². The first kappa shape index (κ1) is 19.8. The summed E-state index contributed by atoms with van der Waals surface area (Å²) in [6.07, 6.45) is 8.21. The molecule has 6 nitrogen and oxygen atoms in total. The first-order valence-corrected chi connectivity index (χ1v) is 11.5. The van der Waals surface area contributed by atoms with E-state index >= 15 is 0 Å². The van der Waals surface area contributed by atoms with Crippen molar-refractivity contribution in [3.8, 4) is 5.75 Å². The number of hydrogen-bond acceptors (Lipinski definition) is 4. The lowest BCUT2D eigenvalue weighted by Gasteiger charge is -2.46. The predicted molar refractivity (Wildman–Crippen MR) is 122 cm³/mol. The molecule has 0 bridgehead atoms. The van der Waals surface area contributed by atoms with Gasteiger partial charge in [-0.25, -0.2) is 0 Å². The van der Waals surface area contributed by atoms with Gasteiger partial charge in [0.15, 0.2) is 5.78 Å². The molecule has 32 heavy (non-hydrogen) atoms. The van der Waals surface area contributed by atoms with Crippen LogP contribution in [0.4, 0.5) is 5.69 Å². The number of benzene rings is 1. The van der Waals surface area contributed by atoms with Crippen LogP contribution in [-0.2, 0) is 9.59 Å². The minimum absolute atomic E-state index is 0.0491. The number of rotatable bonds is 0. The highest BCUT2D eigenvalue weighted by atomic mass is 16.5. The van der Waals surface area contributed by atoms with Crippen molar-refractivity contribution in [2.45, 2.75) is 65.0 Å². The summed E-state index contributed by atoms with van der Waals surface area (Å²) in [5, 5.41) is 13.7. The lowest BCUT2D eigenvalue weighted by Crippen LogP contribution is -2.57. The summed E-state index contributed by atoms with van der Waals surface area (Å²) in [6.45, 7) is 8.64. The summed E-state index contributed by atoms with van der Waals surface area (Å²) in [7, 11) is 0. The monoisotopic (exact) mass is 432 g/mol. The average Bonchev–Trinajstić information content (AvgIpc) is 3.29. The van der Waals surface area contributed by atoms with Gasteiger partial charge in [-0.15, -0.1) is 0 Å². The molecule has 6 rings (SSSR count). The fraction of sp³-hybridized carbons (Fsp3) is 0.500. The molecule has 5 aliphatic rings. The molecule has 4 aliphatic heterocycles. The van der Waals surface area contributed by atoms with E-state index < -0.39 is 16.4 Å². The molecular weight excluding hydrogens is 404 g/mol. The molecule has 1 aromatic carbocycles. The van der Waals surface area contributed by atoms with Crippen molar-refractivity contribution in [2.75, 3.05) is 6.54 Å². The first-order chi connectivity index (χ1) is 15.0. The van der Waals surface area contributed by atoms with Crippen LogP contribution in [-0.4, -0.2) is 45.2 Å². The van der Waals surface area contributed by atoms with Crippen molar-refractivity contribution in [2.24, 2.45) is 10.8 Å². The standard InChI is InChI=1S/C26H28N2O4/c1-24(2)14-26(13-19(29)18-6-5-11-27(18)23(26)30)12-17-15-7-8-20-16(9-10-25(3,4)32-20)21(15)28(31)22(17)24/h7-10,12,18H,5-6,11,13-14H2,1-4H3/t18-,26+/m0/s1. The van der Waals surface area contributed by atoms with Gasteiger partial charge in [0.25, 0.3) is 0 Å². The fourth-order valence-electron chi connectivity index (χ4n) is 6.60. The maximum Gasteiger partial charge on any atom is 0.235 e. The minimum atomic E-state index is -0.882. The van der Waals surface area contributed by atoms with Crippen LogP contribution in [0.2, 0.25) is 0 Å². The summed E-state index contributed by atoms with van der Waals surface area (Å²) in [6, 6.07) is 3.58. The smallest absolute Gasteiger partial charge is 0.235 e. The number of nitrogens with zero attached hydrogens (tertiary/aromatic N) is 2. The molecule has 1 aliphatic carbocycles. The van der Waals surface area contributed by atoms with Crippen LogP contribution >= 0.6 is 0 Å². The number of Topliss-reactive ketones (excluding diaryl/α,β-unsaturated/α-hetero) is 1. The highest BCUT2D eigenvalue weighted by Gasteiger charge is 2.59. The van der Waals surface area contributed by atoms with Crippen LogP contribution in [0.1, 0.15) is 64.5 Å². The van der Waals surface area contributed by atoms with Crippen LogP contribution < -0.4 is 4.74 Å².